The minimum atomic E-state index is 0.222. The molecule has 1 heterocycles. The molecule has 0 atom stereocenters. The van der Waals surface area contributed by atoms with Gasteiger partial charge in [-0.2, -0.15) is 0 Å². The maximum Gasteiger partial charge on any atom is 0.0427 e. The average Bonchev–Trinajstić information content (AvgIpc) is 2.32. The van der Waals surface area contributed by atoms with E-state index < -0.39 is 0 Å². The van der Waals surface area contributed by atoms with Gasteiger partial charge in [-0.3, -0.25) is 0 Å². The predicted octanol–water partition coefficient (Wildman–Crippen LogP) is 4.44. The van der Waals surface area contributed by atoms with Crippen molar-refractivity contribution in [3.8, 4) is 0 Å². The lowest BCUT2D eigenvalue weighted by Gasteiger charge is -2.23. The zero-order valence-corrected chi connectivity index (χ0v) is 12.0. The number of allylic oxidation sites excluding steroid dienone is 2. The van der Waals surface area contributed by atoms with Crippen LogP contribution in [0.2, 0.25) is 0 Å². The minimum absolute atomic E-state index is 0.222. The average molecular weight is 262 g/mol. The fourth-order valence-corrected chi connectivity index (χ4v) is 2.10. The first-order valence-corrected chi connectivity index (χ1v) is 6.70. The number of hydrogen-bond donors (Lipinski definition) is 0. The molecule has 0 saturated carbocycles. The molecule has 2 rings (SSSR count). The Morgan fingerprint density at radius 3 is 2.33 bits per heavy atom. The molecule has 0 spiro atoms. The van der Waals surface area contributed by atoms with Gasteiger partial charge in [0.15, 0.2) is 0 Å². The molecular formula is C16H20ClN. The van der Waals surface area contributed by atoms with E-state index in [0.29, 0.717) is 0 Å². The smallest absolute Gasteiger partial charge is 0.0427 e. The van der Waals surface area contributed by atoms with Crippen molar-refractivity contribution >= 4 is 11.6 Å². The highest BCUT2D eigenvalue weighted by Gasteiger charge is 2.13. The summed E-state index contributed by atoms with van der Waals surface area (Å²) in [4.78, 5) is 2.25. The molecule has 0 saturated heterocycles. The molecular weight excluding hydrogens is 242 g/mol. The molecule has 0 unspecified atom stereocenters. The Kier molecular flexibility index (Phi) is 3.82. The molecule has 1 aliphatic heterocycles. The van der Waals surface area contributed by atoms with Crippen molar-refractivity contribution < 1.29 is 0 Å². The van der Waals surface area contributed by atoms with Crippen LogP contribution in [0, 0.1) is 0 Å². The Balaban J connectivity index is 2.01. The van der Waals surface area contributed by atoms with Crippen molar-refractivity contribution in [1.29, 1.82) is 0 Å². The van der Waals surface area contributed by atoms with Gasteiger partial charge in [-0.05, 0) is 28.7 Å². The fraction of sp³-hybridized carbons (Fsp3) is 0.375. The van der Waals surface area contributed by atoms with Crippen LogP contribution in [0.25, 0.3) is 0 Å². The third-order valence-corrected chi connectivity index (χ3v) is 3.45. The Morgan fingerprint density at radius 1 is 1.17 bits per heavy atom. The molecule has 18 heavy (non-hydrogen) atoms. The quantitative estimate of drug-likeness (QED) is 0.761. The van der Waals surface area contributed by atoms with Crippen molar-refractivity contribution in [2.24, 2.45) is 0 Å². The predicted molar refractivity (Wildman–Crippen MR) is 78.6 cm³/mol. The Morgan fingerprint density at radius 2 is 1.83 bits per heavy atom. The molecule has 0 N–H and O–H groups in total. The van der Waals surface area contributed by atoms with Gasteiger partial charge in [0.25, 0.3) is 0 Å². The molecule has 1 nitrogen and oxygen atoms in total. The molecule has 0 radical (unpaired) electrons. The van der Waals surface area contributed by atoms with Crippen LogP contribution in [0.4, 0.5) is 0 Å². The van der Waals surface area contributed by atoms with Gasteiger partial charge in [0.1, 0.15) is 0 Å². The Bertz CT molecular complexity index is 463. The zero-order chi connectivity index (χ0) is 13.2. The summed E-state index contributed by atoms with van der Waals surface area (Å²) in [6, 6.07) is 8.89. The van der Waals surface area contributed by atoms with E-state index in [4.69, 9.17) is 11.6 Å². The molecule has 0 fully saturated rings. The fourth-order valence-electron chi connectivity index (χ4n) is 1.97. The van der Waals surface area contributed by atoms with E-state index in [1.165, 1.54) is 11.1 Å². The number of hydrogen-bond acceptors (Lipinski definition) is 1. The second-order valence-corrected chi connectivity index (χ2v) is 6.22. The first-order chi connectivity index (χ1) is 8.45. The van der Waals surface area contributed by atoms with E-state index in [1.54, 1.807) is 0 Å². The monoisotopic (exact) mass is 261 g/mol. The molecule has 0 amide bonds. The van der Waals surface area contributed by atoms with Gasteiger partial charge in [-0.25, -0.2) is 0 Å². The normalized spacial score (nSPS) is 15.8. The van der Waals surface area contributed by atoms with Crippen LogP contribution in [0.5, 0.6) is 0 Å². The van der Waals surface area contributed by atoms with Crippen molar-refractivity contribution in [1.82, 2.24) is 4.90 Å². The van der Waals surface area contributed by atoms with E-state index in [0.717, 1.165) is 18.1 Å². The summed E-state index contributed by atoms with van der Waals surface area (Å²) >= 11 is 5.90. The van der Waals surface area contributed by atoms with Gasteiger partial charge in [0, 0.05) is 24.3 Å². The Labute approximate surface area is 115 Å². The standard InChI is InChI=1S/C16H20ClN/c1-16(2,3)14-6-4-13(5-7-14)12-18-10-8-15(17)9-11-18/h4-10H,11-12H2,1-3H3. The van der Waals surface area contributed by atoms with Gasteiger partial charge in [0.2, 0.25) is 0 Å². The molecule has 1 aromatic rings. The van der Waals surface area contributed by atoms with Crippen molar-refractivity contribution in [3.63, 3.8) is 0 Å². The second kappa shape index (κ2) is 5.19. The highest BCUT2D eigenvalue weighted by atomic mass is 35.5. The number of halogens is 1. The summed E-state index contributed by atoms with van der Waals surface area (Å²) in [6.45, 7) is 8.53. The molecule has 1 aliphatic rings. The first kappa shape index (κ1) is 13.2. The van der Waals surface area contributed by atoms with E-state index in [2.05, 4.69) is 56.1 Å². The van der Waals surface area contributed by atoms with E-state index in [1.807, 2.05) is 12.2 Å². The molecule has 0 aliphatic carbocycles. The van der Waals surface area contributed by atoms with E-state index >= 15 is 0 Å². The van der Waals surface area contributed by atoms with Gasteiger partial charge in [0.05, 0.1) is 0 Å². The van der Waals surface area contributed by atoms with Gasteiger partial charge in [-0.15, -0.1) is 0 Å². The Hall–Kier alpha value is -1.21. The lowest BCUT2D eigenvalue weighted by molar-refractivity contribution is 0.404. The summed E-state index contributed by atoms with van der Waals surface area (Å²) in [7, 11) is 0. The summed E-state index contributed by atoms with van der Waals surface area (Å²) in [5.74, 6) is 0. The lowest BCUT2D eigenvalue weighted by atomic mass is 9.87. The van der Waals surface area contributed by atoms with Crippen molar-refractivity contribution in [2.45, 2.75) is 32.7 Å². The molecule has 2 heteroatoms. The summed E-state index contributed by atoms with van der Waals surface area (Å²) < 4.78 is 0. The van der Waals surface area contributed by atoms with Crippen LogP contribution in [0.1, 0.15) is 31.9 Å². The van der Waals surface area contributed by atoms with Gasteiger partial charge < -0.3 is 4.90 Å². The van der Waals surface area contributed by atoms with Crippen LogP contribution < -0.4 is 0 Å². The van der Waals surface area contributed by atoms with Crippen LogP contribution in [0.3, 0.4) is 0 Å². The second-order valence-electron chi connectivity index (χ2n) is 5.78. The molecule has 0 bridgehead atoms. The van der Waals surface area contributed by atoms with Gasteiger partial charge in [-0.1, -0.05) is 56.6 Å². The zero-order valence-electron chi connectivity index (χ0n) is 11.3. The van der Waals surface area contributed by atoms with Crippen LogP contribution in [-0.2, 0) is 12.0 Å². The van der Waals surface area contributed by atoms with E-state index in [-0.39, 0.29) is 5.41 Å². The van der Waals surface area contributed by atoms with Crippen molar-refractivity contribution in [3.05, 3.63) is 58.8 Å². The maximum atomic E-state index is 5.90. The molecule has 96 valence electrons. The van der Waals surface area contributed by atoms with E-state index in [9.17, 15) is 0 Å². The third kappa shape index (κ3) is 3.39. The minimum Gasteiger partial charge on any atom is -0.369 e. The number of benzene rings is 1. The van der Waals surface area contributed by atoms with Crippen LogP contribution >= 0.6 is 11.6 Å². The topological polar surface area (TPSA) is 3.24 Å². The highest BCUT2D eigenvalue weighted by Crippen LogP contribution is 2.22. The van der Waals surface area contributed by atoms with Crippen LogP contribution in [-0.4, -0.2) is 11.4 Å². The first-order valence-electron chi connectivity index (χ1n) is 6.32. The summed E-state index contributed by atoms with van der Waals surface area (Å²) in [6.07, 6.45) is 6.03. The summed E-state index contributed by atoms with van der Waals surface area (Å²) in [5, 5.41) is 0.828. The summed E-state index contributed by atoms with van der Waals surface area (Å²) in [5.41, 5.74) is 2.93. The SMILES string of the molecule is CC(C)(C)c1ccc(CN2C=CC(Cl)=CC2)cc1. The molecule has 0 aromatic heterocycles. The largest absolute Gasteiger partial charge is 0.369 e. The van der Waals surface area contributed by atoms with Crippen molar-refractivity contribution in [2.75, 3.05) is 6.54 Å². The van der Waals surface area contributed by atoms with Gasteiger partial charge >= 0.3 is 0 Å². The number of rotatable bonds is 2. The van der Waals surface area contributed by atoms with Crippen LogP contribution in [0.15, 0.2) is 47.6 Å². The maximum absolute atomic E-state index is 5.90. The highest BCUT2D eigenvalue weighted by molar-refractivity contribution is 6.31. The molecule has 1 aromatic carbocycles. The number of nitrogens with zero attached hydrogens (tertiary/aromatic N) is 1. The third-order valence-electron chi connectivity index (χ3n) is 3.17. The lowest BCUT2D eigenvalue weighted by Crippen LogP contribution is -2.19.